The van der Waals surface area contributed by atoms with Crippen molar-refractivity contribution in [3.8, 4) is 12.3 Å². The Kier molecular flexibility index (Phi) is 5.21. The first-order valence-corrected chi connectivity index (χ1v) is 4.46. The molecule has 0 heterocycles. The zero-order chi connectivity index (χ0) is 11.2. The summed E-state index contributed by atoms with van der Waals surface area (Å²) in [5, 5.41) is 11.6. The van der Waals surface area contributed by atoms with Gasteiger partial charge in [0.1, 0.15) is 0 Å². The van der Waals surface area contributed by atoms with Crippen molar-refractivity contribution in [1.29, 1.82) is 0 Å². The fourth-order valence-corrected chi connectivity index (χ4v) is 0.756. The molecule has 0 saturated heterocycles. The summed E-state index contributed by atoms with van der Waals surface area (Å²) < 4.78 is 0. The van der Waals surface area contributed by atoms with E-state index in [4.69, 9.17) is 11.5 Å². The number of rotatable bonds is 5. The Morgan fingerprint density at radius 1 is 1.64 bits per heavy atom. The molecule has 0 aromatic rings. The van der Waals surface area contributed by atoms with E-state index in [0.29, 0.717) is 0 Å². The predicted molar refractivity (Wildman–Crippen MR) is 55.6 cm³/mol. The van der Waals surface area contributed by atoms with Crippen molar-refractivity contribution in [3.05, 3.63) is 0 Å². The van der Waals surface area contributed by atoms with Gasteiger partial charge >= 0.3 is 0 Å². The second kappa shape index (κ2) is 5.63. The van der Waals surface area contributed by atoms with Crippen LogP contribution in [0.5, 0.6) is 0 Å². The van der Waals surface area contributed by atoms with E-state index in [1.807, 2.05) is 13.8 Å². The topological polar surface area (TPSA) is 52.6 Å². The van der Waals surface area contributed by atoms with Gasteiger partial charge in [0.25, 0.3) is 0 Å². The third-order valence-corrected chi connectivity index (χ3v) is 2.19. The van der Waals surface area contributed by atoms with Crippen molar-refractivity contribution in [1.82, 2.24) is 10.2 Å². The zero-order valence-electron chi connectivity index (χ0n) is 9.00. The van der Waals surface area contributed by atoms with Crippen LogP contribution in [0.2, 0.25) is 0 Å². The van der Waals surface area contributed by atoms with Gasteiger partial charge in [0.2, 0.25) is 5.91 Å². The molecule has 0 aromatic carbocycles. The van der Waals surface area contributed by atoms with E-state index >= 15 is 0 Å². The minimum absolute atomic E-state index is 0.00587. The average Bonchev–Trinajstić information content (AvgIpc) is 2.14. The lowest BCUT2D eigenvalue weighted by atomic mass is 10.1. The van der Waals surface area contributed by atoms with Crippen LogP contribution in [0.3, 0.4) is 0 Å². The molecular formula is C10H18N2O2. The SMILES string of the molecule is C#CCNC(=O)CN(C)C(C)(C)CO. The normalized spacial score (nSPS) is 11.1. The molecule has 0 aromatic heterocycles. The maximum atomic E-state index is 11.2. The second-order valence-corrected chi connectivity index (χ2v) is 3.81. The van der Waals surface area contributed by atoms with Crippen molar-refractivity contribution in [2.45, 2.75) is 19.4 Å². The summed E-state index contributed by atoms with van der Waals surface area (Å²) in [6.07, 6.45) is 5.00. The molecule has 0 atom stereocenters. The lowest BCUT2D eigenvalue weighted by Gasteiger charge is -2.33. The minimum Gasteiger partial charge on any atom is -0.394 e. The van der Waals surface area contributed by atoms with Gasteiger partial charge in [-0.05, 0) is 20.9 Å². The highest BCUT2D eigenvalue weighted by atomic mass is 16.3. The summed E-state index contributed by atoms with van der Waals surface area (Å²) in [7, 11) is 1.78. The number of amides is 1. The Morgan fingerprint density at radius 2 is 2.21 bits per heavy atom. The van der Waals surface area contributed by atoms with Gasteiger partial charge in [-0.1, -0.05) is 5.92 Å². The summed E-state index contributed by atoms with van der Waals surface area (Å²) >= 11 is 0. The van der Waals surface area contributed by atoms with E-state index in [-0.39, 0.29) is 25.6 Å². The van der Waals surface area contributed by atoms with Crippen LogP contribution in [-0.2, 0) is 4.79 Å². The maximum absolute atomic E-state index is 11.2. The van der Waals surface area contributed by atoms with Gasteiger partial charge in [0.15, 0.2) is 0 Å². The molecule has 0 unspecified atom stereocenters. The number of aliphatic hydroxyl groups is 1. The van der Waals surface area contributed by atoms with E-state index < -0.39 is 5.54 Å². The number of carbonyl (C=O) groups is 1. The van der Waals surface area contributed by atoms with Crippen molar-refractivity contribution in [2.24, 2.45) is 0 Å². The lowest BCUT2D eigenvalue weighted by Crippen LogP contribution is -2.48. The average molecular weight is 198 g/mol. The minimum atomic E-state index is -0.395. The van der Waals surface area contributed by atoms with Crippen LogP contribution in [0.4, 0.5) is 0 Å². The first-order valence-electron chi connectivity index (χ1n) is 4.46. The number of likely N-dealkylation sites (N-methyl/N-ethyl adjacent to an activating group) is 1. The van der Waals surface area contributed by atoms with Crippen LogP contribution in [-0.4, -0.2) is 48.2 Å². The van der Waals surface area contributed by atoms with Crippen molar-refractivity contribution >= 4 is 5.91 Å². The lowest BCUT2D eigenvalue weighted by molar-refractivity contribution is -0.123. The number of hydrogen-bond acceptors (Lipinski definition) is 3. The Balaban J connectivity index is 4.00. The van der Waals surface area contributed by atoms with Crippen molar-refractivity contribution < 1.29 is 9.90 Å². The molecule has 1 amide bonds. The standard InChI is InChI=1S/C10H18N2O2/c1-5-6-11-9(14)7-12(4)10(2,3)8-13/h1,13H,6-8H2,2-4H3,(H,11,14). The number of hydrogen-bond donors (Lipinski definition) is 2. The molecule has 0 bridgehead atoms. The van der Waals surface area contributed by atoms with E-state index in [9.17, 15) is 4.79 Å². The van der Waals surface area contributed by atoms with E-state index in [2.05, 4.69) is 11.2 Å². The van der Waals surface area contributed by atoms with Gasteiger partial charge in [-0.3, -0.25) is 9.69 Å². The molecule has 0 aliphatic heterocycles. The van der Waals surface area contributed by atoms with Gasteiger partial charge in [0, 0.05) is 5.54 Å². The third kappa shape index (κ3) is 4.26. The van der Waals surface area contributed by atoms with E-state index in [0.717, 1.165) is 0 Å². The molecule has 4 heteroatoms. The number of nitrogens with zero attached hydrogens (tertiary/aromatic N) is 1. The summed E-state index contributed by atoms with van der Waals surface area (Å²) in [5.74, 6) is 2.19. The highest BCUT2D eigenvalue weighted by molar-refractivity contribution is 5.78. The first kappa shape index (κ1) is 12.9. The largest absolute Gasteiger partial charge is 0.394 e. The van der Waals surface area contributed by atoms with Crippen LogP contribution in [0.15, 0.2) is 0 Å². The smallest absolute Gasteiger partial charge is 0.234 e. The number of carbonyl (C=O) groups excluding carboxylic acids is 1. The van der Waals surface area contributed by atoms with Gasteiger partial charge in [-0.2, -0.15) is 0 Å². The van der Waals surface area contributed by atoms with E-state index in [1.165, 1.54) is 0 Å². The summed E-state index contributed by atoms with van der Waals surface area (Å²) in [6.45, 7) is 4.20. The molecule has 4 nitrogen and oxygen atoms in total. The molecule has 0 rings (SSSR count). The summed E-state index contributed by atoms with van der Waals surface area (Å²) in [4.78, 5) is 13.0. The van der Waals surface area contributed by atoms with Gasteiger partial charge in [-0.25, -0.2) is 0 Å². The Morgan fingerprint density at radius 3 is 2.64 bits per heavy atom. The van der Waals surface area contributed by atoms with Crippen LogP contribution in [0.1, 0.15) is 13.8 Å². The van der Waals surface area contributed by atoms with Gasteiger partial charge in [-0.15, -0.1) is 6.42 Å². The van der Waals surface area contributed by atoms with Crippen LogP contribution < -0.4 is 5.32 Å². The Hall–Kier alpha value is -1.05. The zero-order valence-corrected chi connectivity index (χ0v) is 9.00. The van der Waals surface area contributed by atoms with E-state index in [1.54, 1.807) is 11.9 Å². The molecule has 0 fully saturated rings. The Bertz CT molecular complexity index is 231. The molecule has 0 aliphatic carbocycles. The monoisotopic (exact) mass is 198 g/mol. The van der Waals surface area contributed by atoms with Gasteiger partial charge < -0.3 is 10.4 Å². The number of terminal acetylenes is 1. The molecule has 0 spiro atoms. The summed E-state index contributed by atoms with van der Waals surface area (Å²) in [6, 6.07) is 0. The fourth-order valence-electron chi connectivity index (χ4n) is 0.756. The van der Waals surface area contributed by atoms with Crippen molar-refractivity contribution in [3.63, 3.8) is 0 Å². The van der Waals surface area contributed by atoms with Crippen molar-refractivity contribution in [2.75, 3.05) is 26.7 Å². The molecule has 0 saturated carbocycles. The van der Waals surface area contributed by atoms with Crippen LogP contribution in [0.25, 0.3) is 0 Å². The first-order chi connectivity index (χ1) is 6.44. The maximum Gasteiger partial charge on any atom is 0.234 e. The third-order valence-electron chi connectivity index (χ3n) is 2.19. The highest BCUT2D eigenvalue weighted by Crippen LogP contribution is 2.09. The molecule has 0 aliphatic rings. The highest BCUT2D eigenvalue weighted by Gasteiger charge is 2.23. The summed E-state index contributed by atoms with van der Waals surface area (Å²) in [5.41, 5.74) is -0.395. The van der Waals surface area contributed by atoms with Crippen LogP contribution in [0, 0.1) is 12.3 Å². The fraction of sp³-hybridized carbons (Fsp3) is 0.700. The quantitative estimate of drug-likeness (QED) is 0.582. The molecule has 0 radical (unpaired) electrons. The second-order valence-electron chi connectivity index (χ2n) is 3.81. The number of nitrogens with one attached hydrogen (secondary N) is 1. The van der Waals surface area contributed by atoms with Gasteiger partial charge in [0.05, 0.1) is 19.7 Å². The molecule has 80 valence electrons. The predicted octanol–water partition coefficient (Wildman–Crippen LogP) is -0.561. The molecule has 2 N–H and O–H groups in total. The van der Waals surface area contributed by atoms with Crippen LogP contribution >= 0.6 is 0 Å². The number of aliphatic hydroxyl groups excluding tert-OH is 1. The molecule has 14 heavy (non-hydrogen) atoms. The Labute approximate surface area is 85.3 Å². The molecular weight excluding hydrogens is 180 g/mol.